The van der Waals surface area contributed by atoms with Crippen LogP contribution in [0.2, 0.25) is 0 Å². The lowest BCUT2D eigenvalue weighted by molar-refractivity contribution is -0.140. The van der Waals surface area contributed by atoms with E-state index >= 15 is 0 Å². The second-order valence-electron chi connectivity index (χ2n) is 9.72. The second kappa shape index (κ2) is 10.2. The fraction of sp³-hybridized carbons (Fsp3) is 0.654. The Kier molecular flexibility index (Phi) is 7.32. The molecule has 31 heavy (non-hydrogen) atoms. The molecule has 1 aromatic rings. The molecule has 3 aliphatic rings. The van der Waals surface area contributed by atoms with Crippen LogP contribution in [-0.4, -0.2) is 84.7 Å². The predicted molar refractivity (Wildman–Crippen MR) is 124 cm³/mol. The van der Waals surface area contributed by atoms with Crippen LogP contribution in [0.4, 0.5) is 0 Å². The number of rotatable bonds is 4. The average Bonchev–Trinajstić information content (AvgIpc) is 3.28. The van der Waals surface area contributed by atoms with Crippen molar-refractivity contribution in [2.75, 3.05) is 46.9 Å². The SMILES string of the molecule is CN(C)CC#Cc1ccc([C@H]2[C@@H](CO)N3CCCCN(C(=O)C4CCCC4)C[C@H]23)cc1. The molecule has 1 aliphatic carbocycles. The second-order valence-corrected chi connectivity index (χ2v) is 9.72. The zero-order chi connectivity index (χ0) is 21.8. The molecule has 168 valence electrons. The van der Waals surface area contributed by atoms with Crippen molar-refractivity contribution < 1.29 is 9.90 Å². The highest BCUT2D eigenvalue weighted by Crippen LogP contribution is 2.42. The van der Waals surface area contributed by atoms with E-state index in [0.717, 1.165) is 57.4 Å². The fourth-order valence-corrected chi connectivity index (χ4v) is 5.66. The van der Waals surface area contributed by atoms with Crippen LogP contribution < -0.4 is 0 Å². The third-order valence-corrected chi connectivity index (χ3v) is 7.31. The van der Waals surface area contributed by atoms with Crippen LogP contribution in [0.5, 0.6) is 0 Å². The molecular weight excluding hydrogens is 386 g/mol. The van der Waals surface area contributed by atoms with E-state index in [1.165, 1.54) is 18.4 Å². The van der Waals surface area contributed by atoms with E-state index in [1.54, 1.807) is 0 Å². The van der Waals surface area contributed by atoms with Crippen molar-refractivity contribution in [3.63, 3.8) is 0 Å². The predicted octanol–water partition coefficient (Wildman–Crippen LogP) is 2.54. The van der Waals surface area contributed by atoms with Gasteiger partial charge in [-0.1, -0.05) is 36.8 Å². The van der Waals surface area contributed by atoms with Crippen molar-refractivity contribution in [1.29, 1.82) is 0 Å². The van der Waals surface area contributed by atoms with Crippen LogP contribution in [-0.2, 0) is 4.79 Å². The molecule has 3 atom stereocenters. The standard InChI is InChI=1S/C26H37N3O2/c1-27(2)15-7-8-20-11-13-21(14-12-20)25-23-18-28(26(31)22-9-3-4-10-22)16-5-6-17-29(23)24(25)19-30/h11-14,22-25,30H,3-6,9-10,15-19H2,1-2H3/t23-,24-,25-/m1/s1. The van der Waals surface area contributed by atoms with Crippen LogP contribution in [0.3, 0.4) is 0 Å². The first-order chi connectivity index (χ1) is 15.1. The number of amides is 1. The smallest absolute Gasteiger partial charge is 0.225 e. The lowest BCUT2D eigenvalue weighted by Gasteiger charge is -2.57. The molecule has 1 saturated carbocycles. The molecule has 5 nitrogen and oxygen atoms in total. The fourth-order valence-electron chi connectivity index (χ4n) is 5.66. The summed E-state index contributed by atoms with van der Waals surface area (Å²) in [6.45, 7) is 3.62. The van der Waals surface area contributed by atoms with Crippen LogP contribution in [0.1, 0.15) is 55.6 Å². The number of aliphatic hydroxyl groups is 1. The maximum atomic E-state index is 13.2. The quantitative estimate of drug-likeness (QED) is 0.756. The van der Waals surface area contributed by atoms with Crippen molar-refractivity contribution in [3.8, 4) is 11.8 Å². The molecular formula is C26H37N3O2. The van der Waals surface area contributed by atoms with Crippen LogP contribution >= 0.6 is 0 Å². The highest BCUT2D eigenvalue weighted by molar-refractivity contribution is 5.79. The lowest BCUT2D eigenvalue weighted by atomic mass is 9.74. The highest BCUT2D eigenvalue weighted by Gasteiger charge is 2.49. The van der Waals surface area contributed by atoms with Crippen molar-refractivity contribution >= 4 is 5.91 Å². The minimum Gasteiger partial charge on any atom is -0.395 e. The molecule has 0 spiro atoms. The molecule has 1 aromatic carbocycles. The molecule has 2 saturated heterocycles. The first kappa shape index (κ1) is 22.3. The maximum Gasteiger partial charge on any atom is 0.225 e. The van der Waals surface area contributed by atoms with E-state index in [-0.39, 0.29) is 24.5 Å². The Balaban J connectivity index is 1.49. The molecule has 0 aromatic heterocycles. The average molecular weight is 424 g/mol. The van der Waals surface area contributed by atoms with Gasteiger partial charge in [-0.05, 0) is 64.0 Å². The molecule has 4 rings (SSSR count). The molecule has 1 amide bonds. The minimum atomic E-state index is 0.150. The zero-order valence-electron chi connectivity index (χ0n) is 19.1. The highest BCUT2D eigenvalue weighted by atomic mass is 16.3. The van der Waals surface area contributed by atoms with Crippen molar-refractivity contribution in [3.05, 3.63) is 35.4 Å². The van der Waals surface area contributed by atoms with Gasteiger partial charge >= 0.3 is 0 Å². The van der Waals surface area contributed by atoms with Crippen LogP contribution in [0, 0.1) is 17.8 Å². The van der Waals surface area contributed by atoms with Gasteiger partial charge in [-0.2, -0.15) is 0 Å². The number of hydrogen-bond donors (Lipinski definition) is 1. The van der Waals surface area contributed by atoms with E-state index in [0.29, 0.717) is 11.9 Å². The normalized spacial score (nSPS) is 27.1. The molecule has 1 N–H and O–H groups in total. The number of fused-ring (bicyclic) bond motifs is 1. The molecule has 2 heterocycles. The summed E-state index contributed by atoms with van der Waals surface area (Å²) in [5, 5.41) is 10.1. The largest absolute Gasteiger partial charge is 0.395 e. The summed E-state index contributed by atoms with van der Waals surface area (Å²) < 4.78 is 0. The zero-order valence-corrected chi connectivity index (χ0v) is 19.1. The van der Waals surface area contributed by atoms with Crippen LogP contribution in [0.25, 0.3) is 0 Å². The summed E-state index contributed by atoms with van der Waals surface area (Å²) in [4.78, 5) is 19.8. The van der Waals surface area contributed by atoms with Crippen LogP contribution in [0.15, 0.2) is 24.3 Å². The van der Waals surface area contributed by atoms with Gasteiger partial charge in [0.15, 0.2) is 0 Å². The van der Waals surface area contributed by atoms with Gasteiger partial charge in [-0.25, -0.2) is 0 Å². The molecule has 0 radical (unpaired) electrons. The molecule has 5 heteroatoms. The Bertz CT molecular complexity index is 804. The Morgan fingerprint density at radius 2 is 1.81 bits per heavy atom. The summed E-state index contributed by atoms with van der Waals surface area (Å²) in [7, 11) is 4.04. The summed E-state index contributed by atoms with van der Waals surface area (Å²) in [5.74, 6) is 7.29. The third-order valence-electron chi connectivity index (χ3n) is 7.31. The van der Waals surface area contributed by atoms with Gasteiger partial charge in [0.2, 0.25) is 5.91 Å². The summed E-state index contributed by atoms with van der Waals surface area (Å²) in [5.41, 5.74) is 2.28. The molecule has 3 fully saturated rings. The number of aliphatic hydroxyl groups excluding tert-OH is 1. The first-order valence-corrected chi connectivity index (χ1v) is 12.0. The van der Waals surface area contributed by atoms with Gasteiger partial charge in [0.1, 0.15) is 0 Å². The molecule has 0 unspecified atom stereocenters. The number of benzene rings is 1. The van der Waals surface area contributed by atoms with Gasteiger partial charge < -0.3 is 10.0 Å². The van der Waals surface area contributed by atoms with Crippen molar-refractivity contribution in [1.82, 2.24) is 14.7 Å². The van der Waals surface area contributed by atoms with Gasteiger partial charge in [-0.15, -0.1) is 0 Å². The van der Waals surface area contributed by atoms with Crippen molar-refractivity contribution in [2.24, 2.45) is 5.92 Å². The topological polar surface area (TPSA) is 47.0 Å². The summed E-state index contributed by atoms with van der Waals surface area (Å²) >= 11 is 0. The van der Waals surface area contributed by atoms with E-state index < -0.39 is 0 Å². The first-order valence-electron chi connectivity index (χ1n) is 12.0. The summed E-state index contributed by atoms with van der Waals surface area (Å²) in [6.07, 6.45) is 6.66. The number of hydrogen-bond acceptors (Lipinski definition) is 4. The van der Waals surface area contributed by atoms with Crippen molar-refractivity contribution in [2.45, 2.75) is 56.5 Å². The van der Waals surface area contributed by atoms with Gasteiger partial charge in [0, 0.05) is 42.6 Å². The lowest BCUT2D eigenvalue weighted by Crippen LogP contribution is -2.68. The van der Waals surface area contributed by atoms with Gasteiger partial charge in [-0.3, -0.25) is 14.6 Å². The number of nitrogens with zero attached hydrogens (tertiary/aromatic N) is 3. The number of carbonyl (C=O) groups is 1. The van der Waals surface area contributed by atoms with E-state index in [4.69, 9.17) is 0 Å². The van der Waals surface area contributed by atoms with Gasteiger partial charge in [0.05, 0.1) is 13.2 Å². The minimum absolute atomic E-state index is 0.150. The third kappa shape index (κ3) is 4.98. The van der Waals surface area contributed by atoms with Gasteiger partial charge in [0.25, 0.3) is 0 Å². The molecule has 0 bridgehead atoms. The van der Waals surface area contributed by atoms with E-state index in [1.807, 2.05) is 14.1 Å². The maximum absolute atomic E-state index is 13.2. The van der Waals surface area contributed by atoms with E-state index in [2.05, 4.69) is 50.8 Å². The van der Waals surface area contributed by atoms with E-state index in [9.17, 15) is 9.90 Å². The Morgan fingerprint density at radius 3 is 2.48 bits per heavy atom. The number of carbonyl (C=O) groups excluding carboxylic acids is 1. The Hall–Kier alpha value is -1.87. The molecule has 2 aliphatic heterocycles. The Morgan fingerprint density at radius 1 is 1.10 bits per heavy atom. The monoisotopic (exact) mass is 423 g/mol. The summed E-state index contributed by atoms with van der Waals surface area (Å²) in [6, 6.07) is 8.99. The Labute approximate surface area is 187 Å².